The van der Waals surface area contributed by atoms with E-state index in [-0.39, 0.29) is 11.2 Å². The lowest BCUT2D eigenvalue weighted by molar-refractivity contribution is 0.567. The fourth-order valence-electron chi connectivity index (χ4n) is 4.00. The summed E-state index contributed by atoms with van der Waals surface area (Å²) in [6.45, 7) is 0.452. The normalized spacial score (nSPS) is 16.4. The van der Waals surface area contributed by atoms with Crippen molar-refractivity contribution in [1.29, 1.82) is 0 Å². The summed E-state index contributed by atoms with van der Waals surface area (Å²) in [5, 5.41) is 4.98. The summed E-state index contributed by atoms with van der Waals surface area (Å²) in [4.78, 5) is 3.32. The molecule has 11 heteroatoms. The van der Waals surface area contributed by atoms with Gasteiger partial charge in [0.1, 0.15) is 17.0 Å². The Bertz CT molecular complexity index is 1370. The molecule has 0 bridgehead atoms. The maximum atomic E-state index is 14.9. The van der Waals surface area contributed by atoms with Gasteiger partial charge in [-0.2, -0.15) is 9.47 Å². The Balaban J connectivity index is 1.50. The third-order valence-electron chi connectivity index (χ3n) is 5.51. The molecule has 0 saturated heterocycles. The van der Waals surface area contributed by atoms with Crippen LogP contribution in [0.2, 0.25) is 0 Å². The fourth-order valence-corrected chi connectivity index (χ4v) is 5.76. The highest BCUT2D eigenvalue weighted by Crippen LogP contribution is 2.28. The molecule has 2 heterocycles. The molecule has 0 saturated carbocycles. The van der Waals surface area contributed by atoms with Gasteiger partial charge in [0.25, 0.3) is 10.0 Å². The number of halogens is 1. The van der Waals surface area contributed by atoms with E-state index in [4.69, 9.17) is 5.73 Å². The molecule has 0 aliphatic heterocycles. The lowest BCUT2D eigenvalue weighted by Crippen LogP contribution is -2.29. The number of aryl methyl sites for hydroxylation is 1. The minimum absolute atomic E-state index is 0.0715. The van der Waals surface area contributed by atoms with Gasteiger partial charge in [0, 0.05) is 29.0 Å². The number of sulfonamides is 1. The molecule has 5 rings (SSSR count). The first-order chi connectivity index (χ1) is 14.9. The lowest BCUT2D eigenvalue weighted by Gasteiger charge is -2.24. The number of benzene rings is 2. The van der Waals surface area contributed by atoms with Gasteiger partial charge in [-0.1, -0.05) is 18.2 Å². The Labute approximate surface area is 182 Å². The highest BCUT2D eigenvalue weighted by molar-refractivity contribution is 7.93. The highest BCUT2D eigenvalue weighted by atomic mass is 32.2. The van der Waals surface area contributed by atoms with E-state index in [0.29, 0.717) is 17.4 Å². The number of aromatic nitrogens is 4. The monoisotopic (exact) mass is 458 g/mol. The van der Waals surface area contributed by atoms with Gasteiger partial charge in [0.05, 0.1) is 18.3 Å². The first kappa shape index (κ1) is 20.0. The van der Waals surface area contributed by atoms with Crippen LogP contribution in [-0.4, -0.2) is 33.6 Å². The van der Waals surface area contributed by atoms with E-state index in [1.54, 1.807) is 10.9 Å². The van der Waals surface area contributed by atoms with Crippen LogP contribution in [0.5, 0.6) is 0 Å². The molecule has 2 aromatic carbocycles. The van der Waals surface area contributed by atoms with Crippen LogP contribution in [0, 0.1) is 5.82 Å². The standard InChI is InChI=1S/C20H19FN6O2S2/c21-17-8-18-14(6-19(17)31(28,29)26-20-23-11-25-30-20)9-24-27(18)10-13-3-1-2-12-4-5-15(22)7-16(12)13/h1-3,6,8-9,11,15H,4-5,7,10,22H2,(H,23,25,26)/t15-/m1/s1. The van der Waals surface area contributed by atoms with Crippen LogP contribution in [0.15, 0.2) is 47.8 Å². The van der Waals surface area contributed by atoms with Crippen molar-refractivity contribution in [2.24, 2.45) is 5.73 Å². The zero-order valence-corrected chi connectivity index (χ0v) is 18.0. The molecule has 8 nitrogen and oxygen atoms in total. The number of nitrogens with one attached hydrogen (secondary N) is 1. The summed E-state index contributed by atoms with van der Waals surface area (Å²) in [6.07, 6.45) is 5.48. The molecular weight excluding hydrogens is 439 g/mol. The van der Waals surface area contributed by atoms with Crippen molar-refractivity contribution < 1.29 is 12.8 Å². The van der Waals surface area contributed by atoms with Gasteiger partial charge in [0.15, 0.2) is 0 Å². The molecule has 1 aliphatic rings. The second-order valence-corrected chi connectivity index (χ2v) is 9.98. The first-order valence-corrected chi connectivity index (χ1v) is 12.0. The van der Waals surface area contributed by atoms with Crippen LogP contribution in [0.3, 0.4) is 0 Å². The van der Waals surface area contributed by atoms with Gasteiger partial charge < -0.3 is 5.73 Å². The van der Waals surface area contributed by atoms with Crippen molar-refractivity contribution in [3.8, 4) is 0 Å². The molecule has 160 valence electrons. The Morgan fingerprint density at radius 3 is 3.00 bits per heavy atom. The summed E-state index contributed by atoms with van der Waals surface area (Å²) < 4.78 is 47.7. The maximum absolute atomic E-state index is 14.9. The number of anilines is 1. The minimum Gasteiger partial charge on any atom is -0.327 e. The van der Waals surface area contributed by atoms with Crippen LogP contribution < -0.4 is 10.5 Å². The van der Waals surface area contributed by atoms with Crippen molar-refractivity contribution in [1.82, 2.24) is 19.1 Å². The molecule has 0 amide bonds. The molecule has 0 unspecified atom stereocenters. The van der Waals surface area contributed by atoms with Crippen molar-refractivity contribution >= 4 is 37.6 Å². The number of rotatable bonds is 5. The van der Waals surface area contributed by atoms with Crippen molar-refractivity contribution in [3.05, 3.63) is 65.4 Å². The van der Waals surface area contributed by atoms with E-state index in [0.717, 1.165) is 36.4 Å². The van der Waals surface area contributed by atoms with Gasteiger partial charge in [-0.25, -0.2) is 17.8 Å². The Hall–Kier alpha value is -2.89. The average Bonchev–Trinajstić information content (AvgIpc) is 3.37. The molecule has 3 N–H and O–H groups in total. The van der Waals surface area contributed by atoms with E-state index in [9.17, 15) is 12.8 Å². The van der Waals surface area contributed by atoms with Crippen LogP contribution in [-0.2, 0) is 29.4 Å². The average molecular weight is 459 g/mol. The molecule has 0 radical (unpaired) electrons. The van der Waals surface area contributed by atoms with Gasteiger partial charge >= 0.3 is 0 Å². The zero-order valence-electron chi connectivity index (χ0n) is 16.3. The van der Waals surface area contributed by atoms with E-state index in [1.165, 1.54) is 29.6 Å². The summed E-state index contributed by atoms with van der Waals surface area (Å²) in [6, 6.07) is 8.79. The second-order valence-electron chi connectivity index (χ2n) is 7.55. The fraction of sp³-hybridized carbons (Fsp3) is 0.250. The van der Waals surface area contributed by atoms with Crippen molar-refractivity contribution in [3.63, 3.8) is 0 Å². The zero-order chi connectivity index (χ0) is 21.6. The third-order valence-corrected chi connectivity index (χ3v) is 7.57. The summed E-state index contributed by atoms with van der Waals surface area (Å²) in [5.74, 6) is -0.858. The van der Waals surface area contributed by atoms with Gasteiger partial charge in [-0.05, 0) is 42.0 Å². The smallest absolute Gasteiger partial charge is 0.266 e. The number of fused-ring (bicyclic) bond motifs is 2. The van der Waals surface area contributed by atoms with Crippen LogP contribution in [0.25, 0.3) is 10.9 Å². The Kier molecular flexibility index (Phi) is 4.95. The molecular formula is C20H19FN6O2S2. The third kappa shape index (κ3) is 3.80. The number of hydrogen-bond acceptors (Lipinski definition) is 7. The lowest BCUT2D eigenvalue weighted by atomic mass is 9.86. The van der Waals surface area contributed by atoms with E-state index in [1.807, 2.05) is 12.1 Å². The molecule has 2 aromatic heterocycles. The topological polar surface area (TPSA) is 116 Å². The predicted molar refractivity (Wildman–Crippen MR) is 116 cm³/mol. The van der Waals surface area contributed by atoms with Crippen LogP contribution >= 0.6 is 11.5 Å². The van der Waals surface area contributed by atoms with Gasteiger partial charge in [0.2, 0.25) is 5.13 Å². The van der Waals surface area contributed by atoms with E-state index in [2.05, 4.69) is 25.2 Å². The summed E-state index contributed by atoms with van der Waals surface area (Å²) >= 11 is 0.871. The largest absolute Gasteiger partial charge is 0.327 e. The maximum Gasteiger partial charge on any atom is 0.266 e. The Morgan fingerprint density at radius 1 is 1.32 bits per heavy atom. The second kappa shape index (κ2) is 7.66. The number of hydrogen-bond donors (Lipinski definition) is 2. The molecule has 1 atom stereocenters. The summed E-state index contributed by atoms with van der Waals surface area (Å²) in [5.41, 5.74) is 10.3. The Morgan fingerprint density at radius 2 is 2.19 bits per heavy atom. The van der Waals surface area contributed by atoms with Crippen LogP contribution in [0.4, 0.5) is 9.52 Å². The van der Waals surface area contributed by atoms with Gasteiger partial charge in [-0.3, -0.25) is 9.40 Å². The molecule has 31 heavy (non-hydrogen) atoms. The predicted octanol–water partition coefficient (Wildman–Crippen LogP) is 2.69. The van der Waals surface area contributed by atoms with E-state index >= 15 is 0 Å². The highest BCUT2D eigenvalue weighted by Gasteiger charge is 2.23. The first-order valence-electron chi connectivity index (χ1n) is 9.70. The van der Waals surface area contributed by atoms with E-state index < -0.39 is 20.7 Å². The molecule has 0 spiro atoms. The number of nitrogens with zero attached hydrogens (tertiary/aromatic N) is 4. The van der Waals surface area contributed by atoms with Crippen molar-refractivity contribution in [2.75, 3.05) is 4.72 Å². The molecule has 0 fully saturated rings. The van der Waals surface area contributed by atoms with Crippen LogP contribution in [0.1, 0.15) is 23.1 Å². The molecule has 4 aromatic rings. The molecule has 1 aliphatic carbocycles. The van der Waals surface area contributed by atoms with Crippen molar-refractivity contribution in [2.45, 2.75) is 36.7 Å². The summed E-state index contributed by atoms with van der Waals surface area (Å²) in [7, 11) is -4.14. The number of nitrogens with two attached hydrogens (primary N) is 1. The minimum atomic E-state index is -4.14. The van der Waals surface area contributed by atoms with Gasteiger partial charge in [-0.15, -0.1) is 0 Å². The quantitative estimate of drug-likeness (QED) is 0.475. The SMILES string of the molecule is N[C@@H]1CCc2cccc(Cn3ncc4cc(S(=O)(=O)Nc5ncns5)c(F)cc43)c2C1.